The third kappa shape index (κ3) is 2.29. The number of benzene rings is 2. The molecule has 0 saturated carbocycles. The van der Waals surface area contributed by atoms with Crippen molar-refractivity contribution in [2.75, 3.05) is 7.11 Å². The standard InChI is InChI=1S/C18H20N2O3/c1-13-17(14-9-11-16(23-3)12-10-14)20(22)18(2,19(13)21)15-7-5-4-6-8-15/h4-13,21H,1-3H3. The molecule has 0 aliphatic carbocycles. The van der Waals surface area contributed by atoms with Crippen LogP contribution < -0.4 is 4.74 Å². The first-order valence-corrected chi connectivity index (χ1v) is 7.52. The van der Waals surface area contributed by atoms with Crippen LogP contribution in [0, 0.1) is 5.21 Å². The molecule has 0 radical (unpaired) electrons. The topological polar surface area (TPSA) is 58.8 Å². The van der Waals surface area contributed by atoms with Crippen LogP contribution in [0.5, 0.6) is 5.75 Å². The third-order valence-electron chi connectivity index (χ3n) is 4.53. The maximum absolute atomic E-state index is 13.1. The van der Waals surface area contributed by atoms with Gasteiger partial charge in [0.25, 0.3) is 5.66 Å². The average Bonchev–Trinajstić information content (AvgIpc) is 2.77. The summed E-state index contributed by atoms with van der Waals surface area (Å²) in [5, 5.41) is 24.8. The summed E-state index contributed by atoms with van der Waals surface area (Å²) in [5.74, 6) is 0.726. The molecule has 1 heterocycles. The summed E-state index contributed by atoms with van der Waals surface area (Å²) in [6.07, 6.45) is 0. The van der Waals surface area contributed by atoms with E-state index in [2.05, 4.69) is 0 Å². The molecule has 0 spiro atoms. The lowest BCUT2D eigenvalue weighted by Crippen LogP contribution is -2.45. The van der Waals surface area contributed by atoms with E-state index in [9.17, 15) is 10.4 Å². The highest BCUT2D eigenvalue weighted by molar-refractivity contribution is 6.01. The first kappa shape index (κ1) is 15.5. The summed E-state index contributed by atoms with van der Waals surface area (Å²) in [5.41, 5.74) is 0.886. The second-order valence-electron chi connectivity index (χ2n) is 5.82. The number of rotatable bonds is 3. The Kier molecular flexibility index (Phi) is 3.83. The minimum atomic E-state index is -1.16. The van der Waals surface area contributed by atoms with Crippen molar-refractivity contribution in [1.82, 2.24) is 5.06 Å². The SMILES string of the molecule is COc1ccc(C2=[N+]([O-])C(C)(c3ccccc3)N(O)C2C)cc1. The Labute approximate surface area is 135 Å². The molecule has 120 valence electrons. The van der Waals surface area contributed by atoms with Crippen LogP contribution in [-0.2, 0) is 5.66 Å². The van der Waals surface area contributed by atoms with Crippen molar-refractivity contribution in [3.05, 3.63) is 70.9 Å². The van der Waals surface area contributed by atoms with E-state index < -0.39 is 11.7 Å². The van der Waals surface area contributed by atoms with E-state index in [1.165, 1.54) is 0 Å². The molecular formula is C18H20N2O3. The molecule has 0 aromatic heterocycles. The van der Waals surface area contributed by atoms with Gasteiger partial charge < -0.3 is 15.2 Å². The minimum absolute atomic E-state index is 0.425. The molecule has 3 rings (SSSR count). The van der Waals surface area contributed by atoms with Gasteiger partial charge in [0, 0.05) is 18.1 Å². The highest BCUT2D eigenvalue weighted by Crippen LogP contribution is 2.36. The lowest BCUT2D eigenvalue weighted by molar-refractivity contribution is -0.595. The van der Waals surface area contributed by atoms with Crippen molar-refractivity contribution in [1.29, 1.82) is 0 Å². The molecule has 0 bridgehead atoms. The molecule has 2 aromatic carbocycles. The van der Waals surface area contributed by atoms with Gasteiger partial charge in [0.2, 0.25) is 5.71 Å². The summed E-state index contributed by atoms with van der Waals surface area (Å²) >= 11 is 0. The first-order chi connectivity index (χ1) is 11.0. The predicted octanol–water partition coefficient (Wildman–Crippen LogP) is 2.96. The van der Waals surface area contributed by atoms with Crippen LogP contribution in [0.4, 0.5) is 0 Å². The van der Waals surface area contributed by atoms with Crippen molar-refractivity contribution in [2.24, 2.45) is 0 Å². The second kappa shape index (κ2) is 5.68. The molecule has 2 unspecified atom stereocenters. The molecule has 5 heteroatoms. The second-order valence-corrected chi connectivity index (χ2v) is 5.82. The predicted molar refractivity (Wildman–Crippen MR) is 87.6 cm³/mol. The normalized spacial score (nSPS) is 25.0. The summed E-state index contributed by atoms with van der Waals surface area (Å²) in [4.78, 5) is 0. The van der Waals surface area contributed by atoms with Crippen LogP contribution in [-0.4, -0.2) is 33.9 Å². The average molecular weight is 312 g/mol. The van der Waals surface area contributed by atoms with Gasteiger partial charge in [-0.2, -0.15) is 4.74 Å². The number of nitrogens with zero attached hydrogens (tertiary/aromatic N) is 2. The van der Waals surface area contributed by atoms with E-state index in [0.29, 0.717) is 5.71 Å². The molecule has 0 saturated heterocycles. The Morgan fingerprint density at radius 3 is 2.30 bits per heavy atom. The maximum atomic E-state index is 13.1. The van der Waals surface area contributed by atoms with Gasteiger partial charge in [-0.25, -0.2) is 0 Å². The number of methoxy groups -OCH3 is 1. The van der Waals surface area contributed by atoms with E-state index in [1.807, 2.05) is 61.5 Å². The highest BCUT2D eigenvalue weighted by Gasteiger charge is 2.54. The van der Waals surface area contributed by atoms with Crippen LogP contribution in [0.3, 0.4) is 0 Å². The van der Waals surface area contributed by atoms with E-state index in [0.717, 1.165) is 26.7 Å². The quantitative estimate of drug-likeness (QED) is 0.699. The molecule has 0 amide bonds. The van der Waals surface area contributed by atoms with Crippen molar-refractivity contribution in [3.8, 4) is 5.75 Å². The van der Waals surface area contributed by atoms with Crippen LogP contribution in [0.15, 0.2) is 54.6 Å². The zero-order chi connectivity index (χ0) is 16.6. The van der Waals surface area contributed by atoms with E-state index in [1.54, 1.807) is 14.0 Å². The molecule has 23 heavy (non-hydrogen) atoms. The van der Waals surface area contributed by atoms with Crippen molar-refractivity contribution < 1.29 is 14.7 Å². The van der Waals surface area contributed by atoms with Crippen molar-refractivity contribution in [3.63, 3.8) is 0 Å². The van der Waals surface area contributed by atoms with Crippen molar-refractivity contribution >= 4 is 5.71 Å². The van der Waals surface area contributed by atoms with Crippen molar-refractivity contribution in [2.45, 2.75) is 25.6 Å². The number of hydrogen-bond acceptors (Lipinski definition) is 4. The highest BCUT2D eigenvalue weighted by atomic mass is 16.6. The molecule has 1 N–H and O–H groups in total. The lowest BCUT2D eigenvalue weighted by Gasteiger charge is -2.29. The first-order valence-electron chi connectivity index (χ1n) is 7.52. The van der Waals surface area contributed by atoms with Gasteiger partial charge in [0.15, 0.2) is 0 Å². The summed E-state index contributed by atoms with van der Waals surface area (Å²) < 4.78 is 6.05. The van der Waals surface area contributed by atoms with Crippen LogP contribution in [0.25, 0.3) is 0 Å². The minimum Gasteiger partial charge on any atom is -0.622 e. The van der Waals surface area contributed by atoms with Gasteiger partial charge >= 0.3 is 0 Å². The van der Waals surface area contributed by atoms with Gasteiger partial charge in [-0.15, -0.1) is 5.06 Å². The van der Waals surface area contributed by atoms with Crippen LogP contribution in [0.1, 0.15) is 25.0 Å². The molecular weight excluding hydrogens is 292 g/mol. The molecule has 2 aromatic rings. The fraction of sp³-hybridized carbons (Fsp3) is 0.278. The van der Waals surface area contributed by atoms with E-state index in [4.69, 9.17) is 4.74 Å². The molecule has 1 aliphatic heterocycles. The molecule has 0 fully saturated rings. The molecule has 1 aliphatic rings. The van der Waals surface area contributed by atoms with Gasteiger partial charge in [0.1, 0.15) is 11.8 Å². The third-order valence-corrected chi connectivity index (χ3v) is 4.53. The molecule has 5 nitrogen and oxygen atoms in total. The maximum Gasteiger partial charge on any atom is 0.274 e. The lowest BCUT2D eigenvalue weighted by atomic mass is 10.0. The van der Waals surface area contributed by atoms with E-state index >= 15 is 0 Å². The monoisotopic (exact) mass is 312 g/mol. The largest absolute Gasteiger partial charge is 0.622 e. The molecule has 2 atom stereocenters. The Balaban J connectivity index is 2.12. The van der Waals surface area contributed by atoms with Gasteiger partial charge in [-0.3, -0.25) is 0 Å². The van der Waals surface area contributed by atoms with Crippen LogP contribution in [0.2, 0.25) is 0 Å². The zero-order valence-corrected chi connectivity index (χ0v) is 13.4. The Morgan fingerprint density at radius 2 is 1.74 bits per heavy atom. The summed E-state index contributed by atoms with van der Waals surface area (Å²) in [6.45, 7) is 3.54. The summed E-state index contributed by atoms with van der Waals surface area (Å²) in [7, 11) is 1.60. The number of ether oxygens (including phenoxy) is 1. The smallest absolute Gasteiger partial charge is 0.274 e. The zero-order valence-electron chi connectivity index (χ0n) is 13.4. The summed E-state index contributed by atoms with van der Waals surface area (Å²) in [6, 6.07) is 16.2. The van der Waals surface area contributed by atoms with E-state index in [-0.39, 0.29) is 0 Å². The van der Waals surface area contributed by atoms with Gasteiger partial charge in [0.05, 0.1) is 7.11 Å². The number of hydrogen-bond donors (Lipinski definition) is 1. The fourth-order valence-electron chi connectivity index (χ4n) is 3.11. The Hall–Kier alpha value is -2.37. The Bertz CT molecular complexity index is 728. The van der Waals surface area contributed by atoms with Gasteiger partial charge in [-0.1, -0.05) is 30.3 Å². The number of hydroxylamine groups is 3. The van der Waals surface area contributed by atoms with Gasteiger partial charge in [-0.05, 0) is 31.2 Å². The Morgan fingerprint density at radius 1 is 1.13 bits per heavy atom. The van der Waals surface area contributed by atoms with Crippen LogP contribution >= 0.6 is 0 Å². The fourth-order valence-corrected chi connectivity index (χ4v) is 3.11.